The lowest BCUT2D eigenvalue weighted by molar-refractivity contribution is 0.000906. The van der Waals surface area contributed by atoms with Crippen molar-refractivity contribution in [2.24, 2.45) is 0 Å². The van der Waals surface area contributed by atoms with Gasteiger partial charge in [0.05, 0.1) is 23.0 Å². The fourth-order valence-corrected chi connectivity index (χ4v) is 3.47. The van der Waals surface area contributed by atoms with Crippen molar-refractivity contribution in [2.45, 2.75) is 26.0 Å². The molecule has 0 atom stereocenters. The quantitative estimate of drug-likeness (QED) is 0.631. The number of rotatable bonds is 6. The molecule has 1 aliphatic heterocycles. The number of likely N-dealkylation sites (tertiary alicyclic amines) is 1. The van der Waals surface area contributed by atoms with Crippen LogP contribution >= 0.6 is 11.6 Å². The lowest BCUT2D eigenvalue weighted by Gasteiger charge is -2.41. The Labute approximate surface area is 173 Å². The van der Waals surface area contributed by atoms with Gasteiger partial charge in [0.2, 0.25) is 0 Å². The van der Waals surface area contributed by atoms with Crippen LogP contribution in [-0.2, 0) is 0 Å². The molecule has 0 bridgehead atoms. The predicted octanol–water partition coefficient (Wildman–Crippen LogP) is 4.65. The molecule has 2 heterocycles. The zero-order chi connectivity index (χ0) is 20.5. The number of hydrogen-bond donors (Lipinski definition) is 1. The maximum atomic E-state index is 13.5. The van der Waals surface area contributed by atoms with Gasteiger partial charge in [0.15, 0.2) is 0 Å². The molecule has 152 valence electrons. The van der Waals surface area contributed by atoms with Crippen LogP contribution in [0.1, 0.15) is 13.8 Å². The van der Waals surface area contributed by atoms with E-state index in [0.29, 0.717) is 34.6 Å². The first-order valence-corrected chi connectivity index (χ1v) is 9.78. The van der Waals surface area contributed by atoms with Gasteiger partial charge in [-0.3, -0.25) is 4.90 Å². The molecule has 1 saturated heterocycles. The third-order valence-corrected chi connectivity index (χ3v) is 5.28. The largest absolute Gasteiger partial charge is 0.497 e. The van der Waals surface area contributed by atoms with Crippen LogP contribution in [0.3, 0.4) is 0 Å². The maximum absolute atomic E-state index is 13.5. The molecule has 1 aliphatic rings. The molecule has 0 unspecified atom stereocenters. The van der Waals surface area contributed by atoms with Crippen LogP contribution in [0.4, 0.5) is 15.9 Å². The van der Waals surface area contributed by atoms with E-state index in [-0.39, 0.29) is 11.1 Å². The SMILES string of the molecule is COc1cc(OC2CN(C(C)C)C2)c2c(Nc3ccc(F)c(Cl)c3)ncnc2c1. The minimum absolute atomic E-state index is 0.0368. The van der Waals surface area contributed by atoms with Crippen molar-refractivity contribution in [1.29, 1.82) is 0 Å². The third-order valence-electron chi connectivity index (χ3n) is 4.99. The highest BCUT2D eigenvalue weighted by atomic mass is 35.5. The van der Waals surface area contributed by atoms with Gasteiger partial charge >= 0.3 is 0 Å². The Morgan fingerprint density at radius 1 is 1.21 bits per heavy atom. The van der Waals surface area contributed by atoms with Gasteiger partial charge in [0.1, 0.15) is 35.6 Å². The van der Waals surface area contributed by atoms with Gasteiger partial charge in [0, 0.05) is 37.0 Å². The molecule has 1 aromatic heterocycles. The van der Waals surface area contributed by atoms with E-state index < -0.39 is 5.82 Å². The summed E-state index contributed by atoms with van der Waals surface area (Å²) in [5, 5.41) is 3.97. The topological polar surface area (TPSA) is 59.5 Å². The molecule has 0 spiro atoms. The smallest absolute Gasteiger partial charge is 0.145 e. The molecule has 4 rings (SSSR count). The molecule has 8 heteroatoms. The van der Waals surface area contributed by atoms with E-state index in [1.54, 1.807) is 13.2 Å². The summed E-state index contributed by atoms with van der Waals surface area (Å²) in [4.78, 5) is 11.1. The lowest BCUT2D eigenvalue weighted by Crippen LogP contribution is -2.56. The summed E-state index contributed by atoms with van der Waals surface area (Å²) in [6.07, 6.45) is 1.55. The molecule has 6 nitrogen and oxygen atoms in total. The Balaban J connectivity index is 1.70. The fraction of sp³-hybridized carbons (Fsp3) is 0.333. The average molecular weight is 417 g/mol. The second-order valence-corrected chi connectivity index (χ2v) is 7.69. The molecule has 0 radical (unpaired) electrons. The highest BCUT2D eigenvalue weighted by Gasteiger charge is 2.31. The molecule has 3 aromatic rings. The van der Waals surface area contributed by atoms with Crippen molar-refractivity contribution in [3.05, 3.63) is 47.5 Å². The number of ether oxygens (including phenoxy) is 2. The number of hydrogen-bond acceptors (Lipinski definition) is 6. The van der Waals surface area contributed by atoms with Crippen molar-refractivity contribution in [3.8, 4) is 11.5 Å². The molecule has 2 aromatic carbocycles. The summed E-state index contributed by atoms with van der Waals surface area (Å²) in [5.74, 6) is 1.37. The van der Waals surface area contributed by atoms with Gasteiger partial charge in [-0.15, -0.1) is 0 Å². The Hall–Kier alpha value is -2.64. The van der Waals surface area contributed by atoms with Crippen molar-refractivity contribution in [3.63, 3.8) is 0 Å². The minimum Gasteiger partial charge on any atom is -0.497 e. The van der Waals surface area contributed by atoms with E-state index in [1.807, 2.05) is 12.1 Å². The zero-order valence-corrected chi connectivity index (χ0v) is 17.2. The monoisotopic (exact) mass is 416 g/mol. The van der Waals surface area contributed by atoms with Crippen LogP contribution in [0, 0.1) is 5.82 Å². The van der Waals surface area contributed by atoms with E-state index >= 15 is 0 Å². The Bertz CT molecular complexity index is 1040. The van der Waals surface area contributed by atoms with E-state index in [2.05, 4.69) is 34.0 Å². The Kier molecular flexibility index (Phi) is 5.43. The number of anilines is 2. The van der Waals surface area contributed by atoms with Crippen LogP contribution in [-0.4, -0.2) is 47.2 Å². The highest BCUT2D eigenvalue weighted by Crippen LogP contribution is 2.37. The van der Waals surface area contributed by atoms with Crippen LogP contribution in [0.5, 0.6) is 11.5 Å². The average Bonchev–Trinajstić information content (AvgIpc) is 2.66. The molecule has 1 fully saturated rings. The van der Waals surface area contributed by atoms with Gasteiger partial charge in [-0.2, -0.15) is 0 Å². The standard InChI is InChI=1S/C21H22ClFN4O2/c1-12(2)27-9-15(10-27)29-19-8-14(28-3)7-18-20(19)21(25-11-24-18)26-13-4-5-17(23)16(22)6-13/h4-8,11-12,15H,9-10H2,1-3H3,(H,24,25,26). The molecule has 29 heavy (non-hydrogen) atoms. The summed E-state index contributed by atoms with van der Waals surface area (Å²) in [5.41, 5.74) is 1.30. The zero-order valence-electron chi connectivity index (χ0n) is 16.4. The Morgan fingerprint density at radius 2 is 2.00 bits per heavy atom. The fourth-order valence-electron chi connectivity index (χ4n) is 3.29. The molecular formula is C21H22ClFN4O2. The van der Waals surface area contributed by atoms with E-state index in [1.165, 1.54) is 18.5 Å². The predicted molar refractivity (Wildman–Crippen MR) is 112 cm³/mol. The number of fused-ring (bicyclic) bond motifs is 1. The van der Waals surface area contributed by atoms with Gasteiger partial charge in [-0.05, 0) is 32.0 Å². The number of methoxy groups -OCH3 is 1. The van der Waals surface area contributed by atoms with Crippen molar-refractivity contribution < 1.29 is 13.9 Å². The first-order chi connectivity index (χ1) is 13.9. The van der Waals surface area contributed by atoms with Crippen LogP contribution in [0.25, 0.3) is 10.9 Å². The number of aromatic nitrogens is 2. The first kappa shape index (κ1) is 19.7. The first-order valence-electron chi connectivity index (χ1n) is 9.40. The van der Waals surface area contributed by atoms with Crippen LogP contribution in [0.2, 0.25) is 5.02 Å². The highest BCUT2D eigenvalue weighted by molar-refractivity contribution is 6.31. The number of nitrogens with one attached hydrogen (secondary N) is 1. The summed E-state index contributed by atoms with van der Waals surface area (Å²) < 4.78 is 25.2. The van der Waals surface area contributed by atoms with Gasteiger partial charge in [-0.25, -0.2) is 14.4 Å². The third kappa shape index (κ3) is 4.06. The van der Waals surface area contributed by atoms with Gasteiger partial charge < -0.3 is 14.8 Å². The van der Waals surface area contributed by atoms with Crippen molar-refractivity contribution in [2.75, 3.05) is 25.5 Å². The lowest BCUT2D eigenvalue weighted by atomic mass is 10.1. The maximum Gasteiger partial charge on any atom is 0.145 e. The molecule has 1 N–H and O–H groups in total. The molecule has 0 aliphatic carbocycles. The minimum atomic E-state index is -0.474. The van der Waals surface area contributed by atoms with Crippen LogP contribution < -0.4 is 14.8 Å². The van der Waals surface area contributed by atoms with Gasteiger partial charge in [-0.1, -0.05) is 11.6 Å². The molecular weight excluding hydrogens is 395 g/mol. The second-order valence-electron chi connectivity index (χ2n) is 7.28. The van der Waals surface area contributed by atoms with E-state index in [9.17, 15) is 4.39 Å². The number of nitrogens with zero attached hydrogens (tertiary/aromatic N) is 3. The van der Waals surface area contributed by atoms with E-state index in [4.69, 9.17) is 21.1 Å². The van der Waals surface area contributed by atoms with Crippen LogP contribution in [0.15, 0.2) is 36.7 Å². The molecule has 0 amide bonds. The number of halogens is 2. The Morgan fingerprint density at radius 3 is 2.69 bits per heavy atom. The van der Waals surface area contributed by atoms with Gasteiger partial charge in [0.25, 0.3) is 0 Å². The summed E-state index contributed by atoms with van der Waals surface area (Å²) in [6, 6.07) is 8.58. The molecule has 0 saturated carbocycles. The second kappa shape index (κ2) is 8.00. The summed E-state index contributed by atoms with van der Waals surface area (Å²) in [7, 11) is 1.61. The normalized spacial score (nSPS) is 14.8. The summed E-state index contributed by atoms with van der Waals surface area (Å²) in [6.45, 7) is 6.06. The summed E-state index contributed by atoms with van der Waals surface area (Å²) >= 11 is 5.91. The van der Waals surface area contributed by atoms with E-state index in [0.717, 1.165) is 18.5 Å². The number of benzene rings is 2. The van der Waals surface area contributed by atoms with Crippen molar-refractivity contribution in [1.82, 2.24) is 14.9 Å². The van der Waals surface area contributed by atoms with Crippen molar-refractivity contribution >= 4 is 34.0 Å².